The van der Waals surface area contributed by atoms with Gasteiger partial charge in [0.15, 0.2) is 0 Å². The lowest BCUT2D eigenvalue weighted by Gasteiger charge is -2.28. The second kappa shape index (κ2) is 6.45. The van der Waals surface area contributed by atoms with E-state index >= 15 is 0 Å². The molecule has 4 unspecified atom stereocenters. The molecule has 1 aromatic rings. The van der Waals surface area contributed by atoms with E-state index in [4.69, 9.17) is 5.73 Å². The highest BCUT2D eigenvalue weighted by molar-refractivity contribution is 5.20. The fraction of sp³-hybridized carbons (Fsp3) is 0.667. The fourth-order valence-electron chi connectivity index (χ4n) is 4.38. The Labute approximate surface area is 127 Å². The van der Waals surface area contributed by atoms with Gasteiger partial charge in [-0.25, -0.2) is 4.39 Å². The van der Waals surface area contributed by atoms with E-state index in [1.165, 1.54) is 38.3 Å². The zero-order chi connectivity index (χ0) is 14.8. The van der Waals surface area contributed by atoms with Crippen molar-refractivity contribution in [2.24, 2.45) is 23.5 Å². The van der Waals surface area contributed by atoms with Gasteiger partial charge in [-0.2, -0.15) is 0 Å². The smallest absolute Gasteiger partial charge is 0.127 e. The van der Waals surface area contributed by atoms with Crippen molar-refractivity contribution in [1.82, 2.24) is 4.90 Å². The SMILES string of the molecule is CN(CCC(N)c1ccccc1F)CC1CC2CCC1C2. The van der Waals surface area contributed by atoms with E-state index in [-0.39, 0.29) is 11.9 Å². The Hall–Kier alpha value is -0.930. The highest BCUT2D eigenvalue weighted by atomic mass is 19.1. The van der Waals surface area contributed by atoms with E-state index in [0.717, 1.165) is 30.7 Å². The molecule has 0 radical (unpaired) electrons. The topological polar surface area (TPSA) is 29.3 Å². The van der Waals surface area contributed by atoms with Crippen LogP contribution >= 0.6 is 0 Å². The molecule has 4 atom stereocenters. The van der Waals surface area contributed by atoms with Gasteiger partial charge in [0, 0.05) is 18.2 Å². The summed E-state index contributed by atoms with van der Waals surface area (Å²) in [7, 11) is 2.18. The number of nitrogens with zero attached hydrogens (tertiary/aromatic N) is 1. The summed E-state index contributed by atoms with van der Waals surface area (Å²) in [5.74, 6) is 2.69. The molecule has 2 bridgehead atoms. The van der Waals surface area contributed by atoms with Gasteiger partial charge in [-0.3, -0.25) is 0 Å². The first-order valence-electron chi connectivity index (χ1n) is 8.32. The summed E-state index contributed by atoms with van der Waals surface area (Å²) in [5.41, 5.74) is 6.79. The molecule has 2 aliphatic rings. The Kier molecular flexibility index (Phi) is 4.60. The van der Waals surface area contributed by atoms with Crippen molar-refractivity contribution < 1.29 is 4.39 Å². The predicted molar refractivity (Wildman–Crippen MR) is 84.4 cm³/mol. The molecule has 3 rings (SSSR count). The summed E-state index contributed by atoms with van der Waals surface area (Å²) in [6, 6.07) is 6.67. The van der Waals surface area contributed by atoms with Crippen molar-refractivity contribution in [2.75, 3.05) is 20.1 Å². The molecule has 0 aliphatic heterocycles. The first kappa shape index (κ1) is 15.0. The van der Waals surface area contributed by atoms with Crippen molar-refractivity contribution in [3.63, 3.8) is 0 Å². The molecular weight excluding hydrogens is 263 g/mol. The number of fused-ring (bicyclic) bond motifs is 2. The first-order chi connectivity index (χ1) is 10.1. The van der Waals surface area contributed by atoms with Crippen LogP contribution in [0, 0.1) is 23.6 Å². The molecule has 0 aromatic heterocycles. The molecule has 2 nitrogen and oxygen atoms in total. The number of rotatable bonds is 6. The zero-order valence-corrected chi connectivity index (χ0v) is 13.0. The standard InChI is InChI=1S/C18H27FN2/c1-21(12-15-11-13-6-7-14(15)10-13)9-8-18(20)16-4-2-3-5-17(16)19/h2-5,13-15,18H,6-12,20H2,1H3. The number of hydrogen-bond acceptors (Lipinski definition) is 2. The molecule has 2 saturated carbocycles. The van der Waals surface area contributed by atoms with Crippen LogP contribution in [-0.2, 0) is 0 Å². The maximum Gasteiger partial charge on any atom is 0.127 e. The molecule has 1 aromatic carbocycles. The van der Waals surface area contributed by atoms with E-state index in [1.807, 2.05) is 6.07 Å². The van der Waals surface area contributed by atoms with Gasteiger partial charge in [0.2, 0.25) is 0 Å². The molecule has 0 heterocycles. The average Bonchev–Trinajstić information content (AvgIpc) is 3.08. The van der Waals surface area contributed by atoms with Gasteiger partial charge >= 0.3 is 0 Å². The molecular formula is C18H27FN2. The fourth-order valence-corrected chi connectivity index (χ4v) is 4.38. The summed E-state index contributed by atoms with van der Waals surface area (Å²) in [5, 5.41) is 0. The molecule has 0 spiro atoms. The highest BCUT2D eigenvalue weighted by Gasteiger charge is 2.39. The zero-order valence-electron chi connectivity index (χ0n) is 13.0. The molecule has 21 heavy (non-hydrogen) atoms. The third kappa shape index (κ3) is 3.46. The van der Waals surface area contributed by atoms with Gasteiger partial charge < -0.3 is 10.6 Å². The van der Waals surface area contributed by atoms with Gasteiger partial charge in [-0.15, -0.1) is 0 Å². The molecule has 116 valence electrons. The molecule has 2 N–H and O–H groups in total. The van der Waals surface area contributed by atoms with Crippen LogP contribution in [0.5, 0.6) is 0 Å². The van der Waals surface area contributed by atoms with E-state index in [0.29, 0.717) is 5.56 Å². The molecule has 2 aliphatic carbocycles. The van der Waals surface area contributed by atoms with E-state index in [2.05, 4.69) is 11.9 Å². The predicted octanol–water partition coefficient (Wildman–Crippen LogP) is 3.58. The lowest BCUT2D eigenvalue weighted by molar-refractivity contribution is 0.215. The van der Waals surface area contributed by atoms with E-state index < -0.39 is 0 Å². The first-order valence-corrected chi connectivity index (χ1v) is 8.32. The van der Waals surface area contributed by atoms with Crippen molar-refractivity contribution in [1.29, 1.82) is 0 Å². The van der Waals surface area contributed by atoms with Gasteiger partial charge in [0.1, 0.15) is 5.82 Å². The second-order valence-corrected chi connectivity index (χ2v) is 7.11. The minimum atomic E-state index is -0.200. The molecule has 2 fully saturated rings. The Morgan fingerprint density at radius 2 is 2.10 bits per heavy atom. The number of nitrogens with two attached hydrogens (primary N) is 1. The van der Waals surface area contributed by atoms with Crippen LogP contribution < -0.4 is 5.73 Å². The quantitative estimate of drug-likeness (QED) is 0.867. The maximum atomic E-state index is 13.7. The van der Waals surface area contributed by atoms with Crippen molar-refractivity contribution in [3.05, 3.63) is 35.6 Å². The van der Waals surface area contributed by atoms with Crippen LogP contribution in [-0.4, -0.2) is 25.0 Å². The third-order valence-electron chi connectivity index (χ3n) is 5.56. The highest BCUT2D eigenvalue weighted by Crippen LogP contribution is 2.48. The number of halogens is 1. The summed E-state index contributed by atoms with van der Waals surface area (Å²) in [6.07, 6.45) is 6.61. The Balaban J connectivity index is 1.45. The molecule has 0 saturated heterocycles. The minimum absolute atomic E-state index is 0.180. The summed E-state index contributed by atoms with van der Waals surface area (Å²) in [4.78, 5) is 2.39. The van der Waals surface area contributed by atoms with Crippen LogP contribution in [0.3, 0.4) is 0 Å². The van der Waals surface area contributed by atoms with Crippen LogP contribution in [0.15, 0.2) is 24.3 Å². The second-order valence-electron chi connectivity index (χ2n) is 7.11. The third-order valence-corrected chi connectivity index (χ3v) is 5.56. The number of benzene rings is 1. The van der Waals surface area contributed by atoms with Gasteiger partial charge in [-0.1, -0.05) is 24.6 Å². The van der Waals surface area contributed by atoms with Gasteiger partial charge in [0.05, 0.1) is 0 Å². The Morgan fingerprint density at radius 3 is 2.76 bits per heavy atom. The summed E-state index contributed by atoms with van der Waals surface area (Å²) in [6.45, 7) is 2.13. The van der Waals surface area contributed by atoms with Crippen LogP contribution in [0.2, 0.25) is 0 Å². The summed E-state index contributed by atoms with van der Waals surface area (Å²) < 4.78 is 13.7. The van der Waals surface area contributed by atoms with Gasteiger partial charge in [-0.05, 0) is 63.1 Å². The van der Waals surface area contributed by atoms with Crippen molar-refractivity contribution >= 4 is 0 Å². The monoisotopic (exact) mass is 290 g/mol. The lowest BCUT2D eigenvalue weighted by atomic mass is 9.88. The van der Waals surface area contributed by atoms with E-state index in [1.54, 1.807) is 12.1 Å². The van der Waals surface area contributed by atoms with Crippen LogP contribution in [0.4, 0.5) is 4.39 Å². The normalized spacial score (nSPS) is 29.2. The Morgan fingerprint density at radius 1 is 1.29 bits per heavy atom. The summed E-state index contributed by atoms with van der Waals surface area (Å²) >= 11 is 0. The van der Waals surface area contributed by atoms with Crippen LogP contribution in [0.1, 0.15) is 43.7 Å². The number of hydrogen-bond donors (Lipinski definition) is 1. The Bertz CT molecular complexity index is 476. The largest absolute Gasteiger partial charge is 0.324 e. The van der Waals surface area contributed by atoms with Crippen molar-refractivity contribution in [2.45, 2.75) is 38.1 Å². The van der Waals surface area contributed by atoms with Crippen LogP contribution in [0.25, 0.3) is 0 Å². The minimum Gasteiger partial charge on any atom is -0.324 e. The average molecular weight is 290 g/mol. The molecule has 3 heteroatoms. The van der Waals surface area contributed by atoms with Crippen molar-refractivity contribution in [3.8, 4) is 0 Å². The van der Waals surface area contributed by atoms with E-state index in [9.17, 15) is 4.39 Å². The molecule has 0 amide bonds. The maximum absolute atomic E-state index is 13.7. The lowest BCUT2D eigenvalue weighted by Crippen LogP contribution is -2.31. The van der Waals surface area contributed by atoms with Gasteiger partial charge in [0.25, 0.3) is 0 Å².